The molecule has 0 aliphatic heterocycles. The van der Waals surface area contributed by atoms with E-state index in [1.54, 1.807) is 12.1 Å². The van der Waals surface area contributed by atoms with Crippen LogP contribution in [0, 0.1) is 11.3 Å². The Morgan fingerprint density at radius 1 is 1.47 bits per heavy atom. The van der Waals surface area contributed by atoms with Gasteiger partial charge in [0.25, 0.3) is 5.78 Å². The lowest BCUT2D eigenvalue weighted by atomic mass is 10.1. The highest BCUT2D eigenvalue weighted by atomic mass is 35.5. The van der Waals surface area contributed by atoms with Crippen molar-refractivity contribution in [3.05, 3.63) is 35.4 Å². The van der Waals surface area contributed by atoms with Crippen molar-refractivity contribution < 1.29 is 14.7 Å². The standard InChI is InChI=1S/C10H6ClNO3/c11-8(9(13)10(14)15)7-3-1-2-6(4-7)5-12/h1-4,8H,(H,14,15). The number of aliphatic carboxylic acids is 1. The van der Waals surface area contributed by atoms with Crippen LogP contribution in [0.1, 0.15) is 16.5 Å². The van der Waals surface area contributed by atoms with Crippen molar-refractivity contribution in [2.45, 2.75) is 5.38 Å². The molecule has 15 heavy (non-hydrogen) atoms. The van der Waals surface area contributed by atoms with E-state index in [0.29, 0.717) is 11.1 Å². The maximum Gasteiger partial charge on any atom is 0.374 e. The van der Waals surface area contributed by atoms with Gasteiger partial charge in [-0.05, 0) is 17.7 Å². The SMILES string of the molecule is N#Cc1cccc(C(Cl)C(=O)C(=O)O)c1. The lowest BCUT2D eigenvalue weighted by molar-refractivity contribution is -0.148. The van der Waals surface area contributed by atoms with Gasteiger partial charge >= 0.3 is 5.97 Å². The summed E-state index contributed by atoms with van der Waals surface area (Å²) in [6, 6.07) is 7.84. The van der Waals surface area contributed by atoms with Gasteiger partial charge in [0, 0.05) is 0 Å². The lowest BCUT2D eigenvalue weighted by Crippen LogP contribution is -2.17. The molecule has 1 atom stereocenters. The number of carboxylic acids is 1. The van der Waals surface area contributed by atoms with Crippen LogP contribution < -0.4 is 0 Å². The summed E-state index contributed by atoms with van der Waals surface area (Å²) < 4.78 is 0. The molecule has 5 heteroatoms. The van der Waals surface area contributed by atoms with Crippen molar-refractivity contribution in [3.8, 4) is 6.07 Å². The van der Waals surface area contributed by atoms with Gasteiger partial charge in [0.1, 0.15) is 5.38 Å². The molecule has 0 aliphatic carbocycles. The molecule has 0 fully saturated rings. The van der Waals surface area contributed by atoms with Crippen molar-refractivity contribution in [1.82, 2.24) is 0 Å². The number of ketones is 1. The van der Waals surface area contributed by atoms with Crippen LogP contribution >= 0.6 is 11.6 Å². The highest BCUT2D eigenvalue weighted by molar-refractivity contribution is 6.47. The quantitative estimate of drug-likeness (QED) is 0.622. The molecule has 1 aromatic rings. The van der Waals surface area contributed by atoms with Crippen LogP contribution in [0.5, 0.6) is 0 Å². The molecule has 0 saturated carbocycles. The Morgan fingerprint density at radius 2 is 2.13 bits per heavy atom. The minimum Gasteiger partial charge on any atom is -0.475 e. The molecule has 4 nitrogen and oxygen atoms in total. The van der Waals surface area contributed by atoms with Gasteiger partial charge in [-0.15, -0.1) is 11.6 Å². The smallest absolute Gasteiger partial charge is 0.374 e. The van der Waals surface area contributed by atoms with Gasteiger partial charge in [0.15, 0.2) is 0 Å². The molecule has 0 spiro atoms. The molecule has 1 rings (SSSR count). The first-order valence-electron chi connectivity index (χ1n) is 3.97. The second-order valence-corrected chi connectivity index (χ2v) is 3.21. The first kappa shape index (κ1) is 11.2. The number of nitriles is 1. The molecular weight excluding hydrogens is 218 g/mol. The Labute approximate surface area is 90.7 Å². The number of nitrogens with zero attached hydrogens (tertiary/aromatic N) is 1. The van der Waals surface area contributed by atoms with Gasteiger partial charge in [0.05, 0.1) is 11.6 Å². The fourth-order valence-electron chi connectivity index (χ4n) is 1.03. The fourth-order valence-corrected chi connectivity index (χ4v) is 1.25. The number of hydrogen-bond acceptors (Lipinski definition) is 3. The van der Waals surface area contributed by atoms with Crippen LogP contribution in [0.25, 0.3) is 0 Å². The molecule has 76 valence electrons. The summed E-state index contributed by atoms with van der Waals surface area (Å²) >= 11 is 5.64. The van der Waals surface area contributed by atoms with Crippen molar-refractivity contribution in [2.75, 3.05) is 0 Å². The third-order valence-electron chi connectivity index (χ3n) is 1.75. The van der Waals surface area contributed by atoms with E-state index >= 15 is 0 Å². The molecule has 1 N–H and O–H groups in total. The largest absolute Gasteiger partial charge is 0.475 e. The Balaban J connectivity index is 3.02. The fraction of sp³-hybridized carbons (Fsp3) is 0.100. The minimum absolute atomic E-state index is 0.308. The topological polar surface area (TPSA) is 78.2 Å². The van der Waals surface area contributed by atoms with E-state index in [0.717, 1.165) is 0 Å². The zero-order valence-electron chi connectivity index (χ0n) is 7.48. The number of halogens is 1. The molecule has 1 aromatic carbocycles. The zero-order chi connectivity index (χ0) is 11.4. The molecule has 0 aliphatic rings. The number of hydrogen-bond donors (Lipinski definition) is 1. The highest BCUT2D eigenvalue weighted by Crippen LogP contribution is 2.22. The van der Waals surface area contributed by atoms with Gasteiger partial charge in [-0.25, -0.2) is 4.79 Å². The number of carboxylic acid groups (broad SMARTS) is 1. The van der Waals surface area contributed by atoms with Crippen molar-refractivity contribution in [2.24, 2.45) is 0 Å². The summed E-state index contributed by atoms with van der Waals surface area (Å²) in [5.74, 6) is -2.69. The van der Waals surface area contributed by atoms with Crippen LogP contribution in [0.15, 0.2) is 24.3 Å². The average molecular weight is 224 g/mol. The predicted molar refractivity (Wildman–Crippen MR) is 52.4 cm³/mol. The highest BCUT2D eigenvalue weighted by Gasteiger charge is 2.24. The summed E-state index contributed by atoms with van der Waals surface area (Å²) in [5, 5.41) is 15.8. The van der Waals surface area contributed by atoms with Crippen LogP contribution in [0.3, 0.4) is 0 Å². The third-order valence-corrected chi connectivity index (χ3v) is 2.20. The third kappa shape index (κ3) is 2.55. The Morgan fingerprint density at radius 3 is 2.67 bits per heavy atom. The molecule has 0 radical (unpaired) electrons. The Kier molecular flexibility index (Phi) is 3.42. The number of alkyl halides is 1. The summed E-state index contributed by atoms with van der Waals surface area (Å²) in [5.41, 5.74) is 0.638. The van der Waals surface area contributed by atoms with Crippen LogP contribution in [0.4, 0.5) is 0 Å². The van der Waals surface area contributed by atoms with E-state index in [2.05, 4.69) is 0 Å². The Bertz CT molecular complexity index is 450. The monoisotopic (exact) mass is 223 g/mol. The van der Waals surface area contributed by atoms with Crippen LogP contribution in [-0.2, 0) is 9.59 Å². The first-order chi connectivity index (χ1) is 7.06. The average Bonchev–Trinajstić information content (AvgIpc) is 2.27. The normalized spacial score (nSPS) is 11.5. The zero-order valence-corrected chi connectivity index (χ0v) is 8.23. The van der Waals surface area contributed by atoms with E-state index in [9.17, 15) is 9.59 Å². The number of Topliss-reactive ketones (excluding diaryl/α,β-unsaturated/α-hetero) is 1. The van der Waals surface area contributed by atoms with Gasteiger partial charge in [-0.1, -0.05) is 12.1 Å². The van der Waals surface area contributed by atoms with Gasteiger partial charge in [0.2, 0.25) is 0 Å². The molecular formula is C10H6ClNO3. The van der Waals surface area contributed by atoms with Gasteiger partial charge in [-0.3, -0.25) is 4.79 Å². The summed E-state index contributed by atoms with van der Waals surface area (Å²) in [6.45, 7) is 0. The predicted octanol–water partition coefficient (Wildman–Crippen LogP) is 1.49. The van der Waals surface area contributed by atoms with E-state index in [1.165, 1.54) is 12.1 Å². The van der Waals surface area contributed by atoms with E-state index < -0.39 is 17.1 Å². The minimum atomic E-state index is -1.59. The van der Waals surface area contributed by atoms with Gasteiger partial charge in [-0.2, -0.15) is 5.26 Å². The molecule has 0 saturated heterocycles. The number of benzene rings is 1. The maximum absolute atomic E-state index is 11.0. The summed E-state index contributed by atoms with van der Waals surface area (Å²) in [4.78, 5) is 21.4. The maximum atomic E-state index is 11.0. The van der Waals surface area contributed by atoms with Crippen LogP contribution in [-0.4, -0.2) is 16.9 Å². The van der Waals surface area contributed by atoms with Crippen molar-refractivity contribution >= 4 is 23.4 Å². The van der Waals surface area contributed by atoms with Gasteiger partial charge < -0.3 is 5.11 Å². The number of rotatable bonds is 3. The molecule has 1 unspecified atom stereocenters. The number of carbonyl (C=O) groups excluding carboxylic acids is 1. The summed E-state index contributed by atoms with van der Waals surface area (Å²) in [7, 11) is 0. The molecule has 0 heterocycles. The second kappa shape index (κ2) is 4.58. The second-order valence-electron chi connectivity index (χ2n) is 2.77. The molecule has 0 amide bonds. The summed E-state index contributed by atoms with van der Waals surface area (Å²) in [6.07, 6.45) is 0. The van der Waals surface area contributed by atoms with E-state index in [-0.39, 0.29) is 0 Å². The number of carbonyl (C=O) groups is 2. The first-order valence-corrected chi connectivity index (χ1v) is 4.41. The van der Waals surface area contributed by atoms with E-state index in [1.807, 2.05) is 6.07 Å². The molecule has 0 bridgehead atoms. The Hall–Kier alpha value is -1.86. The van der Waals surface area contributed by atoms with Crippen molar-refractivity contribution in [1.29, 1.82) is 5.26 Å². The molecule has 0 aromatic heterocycles. The van der Waals surface area contributed by atoms with Crippen LogP contribution in [0.2, 0.25) is 0 Å². The van der Waals surface area contributed by atoms with Crippen molar-refractivity contribution in [3.63, 3.8) is 0 Å². The lowest BCUT2D eigenvalue weighted by Gasteiger charge is -2.05. The van der Waals surface area contributed by atoms with E-state index in [4.69, 9.17) is 22.0 Å².